The molecule has 134 valence electrons. The first kappa shape index (κ1) is 17.8. The van der Waals surface area contributed by atoms with Crippen LogP contribution in [0, 0.1) is 17.1 Å². The topological polar surface area (TPSA) is 50.1 Å². The Hall–Kier alpha value is -3.02. The van der Waals surface area contributed by atoms with Gasteiger partial charge in [-0.2, -0.15) is 27.2 Å². The van der Waals surface area contributed by atoms with Gasteiger partial charge in [0.1, 0.15) is 17.3 Å². The molecule has 3 nitrogen and oxygen atoms in total. The van der Waals surface area contributed by atoms with Crippen molar-refractivity contribution in [3.05, 3.63) is 58.4 Å². The van der Waals surface area contributed by atoms with Gasteiger partial charge in [-0.1, -0.05) is 0 Å². The fraction of sp³-hybridized carbons (Fsp3) is 0.176. The molecule has 0 heterocycles. The van der Waals surface area contributed by atoms with E-state index >= 15 is 0 Å². The summed E-state index contributed by atoms with van der Waals surface area (Å²) in [4.78, 5) is 11.7. The van der Waals surface area contributed by atoms with Crippen LogP contribution in [0.3, 0.4) is 0 Å². The van der Waals surface area contributed by atoms with Crippen molar-refractivity contribution in [3.8, 4) is 17.6 Å². The molecule has 2 aromatic rings. The van der Waals surface area contributed by atoms with Crippen LogP contribution in [0.1, 0.15) is 27.0 Å². The van der Waals surface area contributed by atoms with Gasteiger partial charge in [-0.15, -0.1) is 0 Å². The molecule has 0 amide bonds. The van der Waals surface area contributed by atoms with E-state index < -0.39 is 52.6 Å². The average molecular weight is 371 g/mol. The first-order valence-corrected chi connectivity index (χ1v) is 7.07. The molecule has 0 spiro atoms. The largest absolute Gasteiger partial charge is 0.457 e. The number of carbonyl (C=O) groups excluding carboxylic acids is 1. The molecule has 0 fully saturated rings. The van der Waals surface area contributed by atoms with E-state index in [1.54, 1.807) is 6.07 Å². The third-order valence-electron chi connectivity index (χ3n) is 3.76. The normalized spacial score (nSPS) is 15.5. The van der Waals surface area contributed by atoms with E-state index in [1.165, 1.54) is 0 Å². The number of fused-ring (bicyclic) bond motifs is 1. The summed E-state index contributed by atoms with van der Waals surface area (Å²) in [5, 5.41) is 8.80. The second-order valence-electron chi connectivity index (χ2n) is 5.56. The molecular formula is C17H7F6NO2. The van der Waals surface area contributed by atoms with Gasteiger partial charge >= 0.3 is 12.1 Å². The number of halogens is 6. The van der Waals surface area contributed by atoms with Gasteiger partial charge < -0.3 is 4.74 Å². The Kier molecular flexibility index (Phi) is 3.94. The Morgan fingerprint density at radius 2 is 1.85 bits per heavy atom. The monoisotopic (exact) mass is 371 g/mol. The first-order valence-electron chi connectivity index (χ1n) is 7.07. The number of carbonyl (C=O) groups is 1. The second kappa shape index (κ2) is 5.76. The summed E-state index contributed by atoms with van der Waals surface area (Å²) >= 11 is 0. The van der Waals surface area contributed by atoms with E-state index in [4.69, 9.17) is 10.00 Å². The quantitative estimate of drug-likeness (QED) is 0.707. The van der Waals surface area contributed by atoms with Crippen LogP contribution in [0.5, 0.6) is 11.5 Å². The second-order valence-corrected chi connectivity index (χ2v) is 5.56. The Labute approximate surface area is 142 Å². The van der Waals surface area contributed by atoms with Crippen LogP contribution in [0.15, 0.2) is 30.3 Å². The molecule has 2 aromatic carbocycles. The number of ether oxygens (including phenoxy) is 1. The Morgan fingerprint density at radius 1 is 1.15 bits per heavy atom. The predicted molar refractivity (Wildman–Crippen MR) is 75.6 cm³/mol. The molecule has 0 unspecified atom stereocenters. The van der Waals surface area contributed by atoms with Crippen LogP contribution in [-0.2, 0) is 12.6 Å². The van der Waals surface area contributed by atoms with Crippen molar-refractivity contribution in [1.82, 2.24) is 0 Å². The van der Waals surface area contributed by atoms with Crippen LogP contribution in [0.25, 0.3) is 0 Å². The van der Waals surface area contributed by atoms with Crippen molar-refractivity contribution in [2.24, 2.45) is 0 Å². The molecule has 9 heteroatoms. The van der Waals surface area contributed by atoms with Crippen LogP contribution >= 0.6 is 0 Å². The van der Waals surface area contributed by atoms with Gasteiger partial charge in [-0.25, -0.2) is 4.39 Å². The summed E-state index contributed by atoms with van der Waals surface area (Å²) < 4.78 is 85.3. The number of ketones is 1. The number of alkyl halides is 5. The zero-order valence-corrected chi connectivity index (χ0v) is 12.6. The molecule has 1 aliphatic carbocycles. The van der Waals surface area contributed by atoms with Gasteiger partial charge in [0.25, 0.3) is 0 Å². The summed E-state index contributed by atoms with van der Waals surface area (Å²) in [7, 11) is 0. The van der Waals surface area contributed by atoms with Crippen molar-refractivity contribution in [1.29, 1.82) is 5.26 Å². The van der Waals surface area contributed by atoms with Crippen LogP contribution in [-0.4, -0.2) is 11.7 Å². The van der Waals surface area contributed by atoms with Crippen LogP contribution in [0.4, 0.5) is 26.3 Å². The smallest absolute Gasteiger partial charge is 0.417 e. The fourth-order valence-corrected chi connectivity index (χ4v) is 2.69. The zero-order valence-electron chi connectivity index (χ0n) is 12.6. The molecule has 0 bridgehead atoms. The van der Waals surface area contributed by atoms with E-state index in [9.17, 15) is 31.1 Å². The highest BCUT2D eigenvalue weighted by molar-refractivity contribution is 6.07. The summed E-state index contributed by atoms with van der Waals surface area (Å²) in [6, 6.07) is 5.70. The molecule has 1 aliphatic rings. The Morgan fingerprint density at radius 3 is 2.46 bits per heavy atom. The predicted octanol–water partition coefficient (Wildman–Crippen LogP) is 4.88. The highest BCUT2D eigenvalue weighted by Gasteiger charge is 2.52. The minimum Gasteiger partial charge on any atom is -0.457 e. The third kappa shape index (κ3) is 2.98. The summed E-state index contributed by atoms with van der Waals surface area (Å²) in [6.07, 6.45) is -6.27. The lowest BCUT2D eigenvalue weighted by Crippen LogP contribution is -2.25. The Balaban J connectivity index is 2.13. The molecule has 0 radical (unpaired) electrons. The van der Waals surface area contributed by atoms with Gasteiger partial charge in [0.15, 0.2) is 0 Å². The third-order valence-corrected chi connectivity index (χ3v) is 3.76. The lowest BCUT2D eigenvalue weighted by atomic mass is 10.0. The molecule has 0 saturated carbocycles. The molecule has 0 atom stereocenters. The minimum atomic E-state index is -5.01. The Bertz CT molecular complexity index is 959. The highest BCUT2D eigenvalue weighted by atomic mass is 19.4. The lowest BCUT2D eigenvalue weighted by Gasteiger charge is -2.14. The number of hydrogen-bond acceptors (Lipinski definition) is 3. The maximum Gasteiger partial charge on any atom is 0.417 e. The van der Waals surface area contributed by atoms with Gasteiger partial charge in [-0.05, 0) is 24.3 Å². The molecule has 0 aromatic heterocycles. The molecule has 26 heavy (non-hydrogen) atoms. The number of Topliss-reactive ketones (excluding diaryl/α,β-unsaturated/α-hetero) is 1. The average Bonchev–Trinajstić information content (AvgIpc) is 2.77. The van der Waals surface area contributed by atoms with E-state index in [1.807, 2.05) is 0 Å². The van der Waals surface area contributed by atoms with Crippen molar-refractivity contribution in [3.63, 3.8) is 0 Å². The van der Waals surface area contributed by atoms with Gasteiger partial charge in [0, 0.05) is 23.6 Å². The standard InChI is InChI=1S/C17H7F6NO2/c18-9-3-8(7-24)4-10(5-9)26-13-2-1-12(17(21,22)23)14-11(13)6-16(19,20)15(14)25/h1-5H,6H2. The fourth-order valence-electron chi connectivity index (χ4n) is 2.69. The van der Waals surface area contributed by atoms with Gasteiger partial charge in [0.05, 0.1) is 17.2 Å². The van der Waals surface area contributed by atoms with Crippen LogP contribution in [0.2, 0.25) is 0 Å². The maximum absolute atomic E-state index is 13.7. The lowest BCUT2D eigenvalue weighted by molar-refractivity contribution is -0.138. The van der Waals surface area contributed by atoms with E-state index in [0.717, 1.165) is 24.3 Å². The van der Waals surface area contributed by atoms with Crippen molar-refractivity contribution in [2.45, 2.75) is 18.5 Å². The van der Waals surface area contributed by atoms with Gasteiger partial charge in [0.2, 0.25) is 5.78 Å². The number of nitriles is 1. The summed E-state index contributed by atoms with van der Waals surface area (Å²) in [5.74, 6) is -7.51. The summed E-state index contributed by atoms with van der Waals surface area (Å²) in [6.45, 7) is 0. The van der Waals surface area contributed by atoms with E-state index in [0.29, 0.717) is 6.07 Å². The zero-order chi connectivity index (χ0) is 19.3. The number of rotatable bonds is 2. The number of nitrogens with zero attached hydrogens (tertiary/aromatic N) is 1. The molecule has 0 N–H and O–H groups in total. The maximum atomic E-state index is 13.7. The van der Waals surface area contributed by atoms with E-state index in [-0.39, 0.29) is 11.3 Å². The SMILES string of the molecule is N#Cc1cc(F)cc(Oc2ccc(C(F)(F)F)c3c2CC(F)(F)C3=O)c1. The molecule has 0 aliphatic heterocycles. The number of hydrogen-bond donors (Lipinski definition) is 0. The highest BCUT2D eigenvalue weighted by Crippen LogP contribution is 2.46. The summed E-state index contributed by atoms with van der Waals surface area (Å²) in [5.41, 5.74) is -3.39. The molecule has 0 saturated heterocycles. The van der Waals surface area contributed by atoms with Crippen molar-refractivity contribution >= 4 is 5.78 Å². The first-order chi connectivity index (χ1) is 12.0. The van der Waals surface area contributed by atoms with Gasteiger partial charge in [-0.3, -0.25) is 4.79 Å². The van der Waals surface area contributed by atoms with Crippen molar-refractivity contribution < 1.29 is 35.9 Å². The van der Waals surface area contributed by atoms with Crippen molar-refractivity contribution in [2.75, 3.05) is 0 Å². The molecule has 3 rings (SSSR count). The van der Waals surface area contributed by atoms with Crippen LogP contribution < -0.4 is 4.74 Å². The minimum absolute atomic E-state index is 0.134. The number of benzene rings is 2. The van der Waals surface area contributed by atoms with E-state index in [2.05, 4.69) is 0 Å². The molecular weight excluding hydrogens is 364 g/mol.